The van der Waals surface area contributed by atoms with Gasteiger partial charge in [-0.1, -0.05) is 26.7 Å². The van der Waals surface area contributed by atoms with Crippen LogP contribution in [-0.4, -0.2) is 61.4 Å². The van der Waals surface area contributed by atoms with E-state index in [2.05, 4.69) is 13.8 Å². The summed E-state index contributed by atoms with van der Waals surface area (Å²) in [5, 5.41) is 1.95. The van der Waals surface area contributed by atoms with Gasteiger partial charge in [0.25, 0.3) is 0 Å². The van der Waals surface area contributed by atoms with Crippen LogP contribution in [0.2, 0.25) is 0 Å². The Balaban J connectivity index is 1.65. The summed E-state index contributed by atoms with van der Waals surface area (Å²) in [6.45, 7) is 9.14. The summed E-state index contributed by atoms with van der Waals surface area (Å²) in [4.78, 5) is 19.9. The van der Waals surface area contributed by atoms with Crippen molar-refractivity contribution in [2.24, 2.45) is 5.92 Å². The van der Waals surface area contributed by atoms with Gasteiger partial charge in [0.05, 0.1) is 19.3 Å². The molecule has 5 heteroatoms. The second-order valence-electron chi connectivity index (χ2n) is 6.88. The molecule has 2 saturated heterocycles. The predicted octanol–water partition coefficient (Wildman–Crippen LogP) is 2.46. The van der Waals surface area contributed by atoms with E-state index in [1.165, 1.54) is 19.3 Å². The Kier molecular flexibility index (Phi) is 7.63. The number of hydrogen-bond donors (Lipinski definition) is 0. The van der Waals surface area contributed by atoms with Gasteiger partial charge in [-0.05, 0) is 25.2 Å². The molecule has 1 unspecified atom stereocenters. The van der Waals surface area contributed by atoms with Gasteiger partial charge >= 0.3 is 0 Å². The van der Waals surface area contributed by atoms with Crippen molar-refractivity contribution in [1.29, 1.82) is 0 Å². The van der Waals surface area contributed by atoms with Crippen molar-refractivity contribution in [3.05, 3.63) is 0 Å². The zero-order valence-electron chi connectivity index (χ0n) is 14.3. The lowest BCUT2D eigenvalue weighted by Crippen LogP contribution is -2.46. The first-order valence-electron chi connectivity index (χ1n) is 8.92. The summed E-state index contributed by atoms with van der Waals surface area (Å²) in [7, 11) is 0. The van der Waals surface area contributed by atoms with Crippen molar-refractivity contribution >= 4 is 5.91 Å². The lowest BCUT2D eigenvalue weighted by atomic mass is 10.0. The minimum Gasteiger partial charge on any atom is -0.375 e. The van der Waals surface area contributed by atoms with Gasteiger partial charge in [-0.25, -0.2) is 0 Å². The van der Waals surface area contributed by atoms with Crippen LogP contribution in [-0.2, 0) is 14.4 Å². The summed E-state index contributed by atoms with van der Waals surface area (Å²) in [5.41, 5.74) is 0. The van der Waals surface area contributed by atoms with E-state index < -0.39 is 0 Å². The van der Waals surface area contributed by atoms with E-state index in [9.17, 15) is 4.79 Å². The quantitative estimate of drug-likeness (QED) is 0.724. The fourth-order valence-corrected chi connectivity index (χ4v) is 3.08. The fourth-order valence-electron chi connectivity index (χ4n) is 3.08. The fraction of sp³-hybridized carbons (Fsp3) is 0.941. The molecule has 0 saturated carbocycles. The van der Waals surface area contributed by atoms with Gasteiger partial charge in [0.1, 0.15) is 0 Å². The molecule has 1 atom stereocenters. The van der Waals surface area contributed by atoms with Crippen molar-refractivity contribution in [3.63, 3.8) is 0 Å². The number of amides is 1. The highest BCUT2D eigenvalue weighted by Gasteiger charge is 2.24. The van der Waals surface area contributed by atoms with E-state index in [0.717, 1.165) is 45.0 Å². The van der Waals surface area contributed by atoms with Gasteiger partial charge in [-0.2, -0.15) is 5.06 Å². The highest BCUT2D eigenvalue weighted by Crippen LogP contribution is 2.15. The third-order valence-corrected chi connectivity index (χ3v) is 4.45. The largest absolute Gasteiger partial charge is 0.375 e. The van der Waals surface area contributed by atoms with Crippen molar-refractivity contribution in [1.82, 2.24) is 9.96 Å². The van der Waals surface area contributed by atoms with Crippen LogP contribution in [0.4, 0.5) is 0 Å². The first-order valence-corrected chi connectivity index (χ1v) is 8.92. The monoisotopic (exact) mass is 312 g/mol. The molecular weight excluding hydrogens is 280 g/mol. The number of hydrogen-bond acceptors (Lipinski definition) is 4. The molecule has 2 fully saturated rings. The SMILES string of the molecule is CC(C)CCCC1CN(C(=O)CCN2CCCCO2)CCO1. The standard InChI is InChI=1S/C17H32N2O3/c1-15(2)6-5-7-16-14-18(11-13-21-16)17(20)8-10-19-9-3-4-12-22-19/h15-16H,3-14H2,1-2H3. The van der Waals surface area contributed by atoms with E-state index in [1.807, 2.05) is 9.96 Å². The van der Waals surface area contributed by atoms with E-state index >= 15 is 0 Å². The summed E-state index contributed by atoms with van der Waals surface area (Å²) in [5.74, 6) is 0.984. The first kappa shape index (κ1) is 17.7. The maximum Gasteiger partial charge on any atom is 0.224 e. The number of ether oxygens (including phenoxy) is 1. The molecule has 2 aliphatic heterocycles. The summed E-state index contributed by atoms with van der Waals surface area (Å²) >= 11 is 0. The topological polar surface area (TPSA) is 42.0 Å². The minimum absolute atomic E-state index is 0.225. The average Bonchev–Trinajstić information content (AvgIpc) is 2.53. The third kappa shape index (κ3) is 6.23. The number of hydroxylamine groups is 2. The molecule has 0 spiro atoms. The number of morpholine rings is 1. The van der Waals surface area contributed by atoms with Gasteiger partial charge in [0.2, 0.25) is 5.91 Å². The molecule has 2 aliphatic rings. The molecule has 2 rings (SSSR count). The maximum absolute atomic E-state index is 12.4. The summed E-state index contributed by atoms with van der Waals surface area (Å²) in [6, 6.07) is 0. The van der Waals surface area contributed by atoms with Gasteiger partial charge in [0.15, 0.2) is 0 Å². The van der Waals surface area contributed by atoms with Crippen molar-refractivity contribution in [2.45, 2.75) is 58.5 Å². The van der Waals surface area contributed by atoms with Crippen LogP contribution in [0.25, 0.3) is 0 Å². The van der Waals surface area contributed by atoms with Gasteiger partial charge in [-0.15, -0.1) is 0 Å². The third-order valence-electron chi connectivity index (χ3n) is 4.45. The number of carbonyl (C=O) groups excluding carboxylic acids is 1. The van der Waals surface area contributed by atoms with Crippen molar-refractivity contribution < 1.29 is 14.4 Å². The second-order valence-corrected chi connectivity index (χ2v) is 6.88. The predicted molar refractivity (Wildman–Crippen MR) is 86.4 cm³/mol. The van der Waals surface area contributed by atoms with Crippen LogP contribution in [0.1, 0.15) is 52.4 Å². The van der Waals surface area contributed by atoms with Crippen molar-refractivity contribution in [3.8, 4) is 0 Å². The maximum atomic E-state index is 12.4. The van der Waals surface area contributed by atoms with Crippen LogP contribution in [0.3, 0.4) is 0 Å². The zero-order valence-corrected chi connectivity index (χ0v) is 14.3. The Bertz CT molecular complexity index is 330. The van der Waals surface area contributed by atoms with Crippen LogP contribution >= 0.6 is 0 Å². The van der Waals surface area contributed by atoms with E-state index in [-0.39, 0.29) is 12.0 Å². The van der Waals surface area contributed by atoms with Crippen LogP contribution in [0.5, 0.6) is 0 Å². The van der Waals surface area contributed by atoms with Crippen LogP contribution in [0.15, 0.2) is 0 Å². The summed E-state index contributed by atoms with van der Waals surface area (Å²) in [6.07, 6.45) is 6.57. The second kappa shape index (κ2) is 9.48. The molecule has 1 amide bonds. The van der Waals surface area contributed by atoms with Crippen LogP contribution in [0, 0.1) is 5.92 Å². The van der Waals surface area contributed by atoms with Gasteiger partial charge in [-0.3, -0.25) is 9.63 Å². The number of nitrogens with zero attached hydrogens (tertiary/aromatic N) is 2. The molecule has 2 heterocycles. The molecule has 0 aromatic heterocycles. The lowest BCUT2D eigenvalue weighted by Gasteiger charge is -2.34. The van der Waals surface area contributed by atoms with E-state index in [1.54, 1.807) is 0 Å². The molecule has 0 N–H and O–H groups in total. The first-order chi connectivity index (χ1) is 10.6. The molecule has 5 nitrogen and oxygen atoms in total. The van der Waals surface area contributed by atoms with E-state index in [4.69, 9.17) is 9.57 Å². The Morgan fingerprint density at radius 2 is 2.09 bits per heavy atom. The molecule has 22 heavy (non-hydrogen) atoms. The Morgan fingerprint density at radius 3 is 2.82 bits per heavy atom. The Morgan fingerprint density at radius 1 is 1.23 bits per heavy atom. The Hall–Kier alpha value is -0.650. The van der Waals surface area contributed by atoms with Crippen LogP contribution < -0.4 is 0 Å². The molecule has 0 bridgehead atoms. The average molecular weight is 312 g/mol. The number of rotatable bonds is 7. The smallest absolute Gasteiger partial charge is 0.224 e. The number of carbonyl (C=O) groups is 1. The van der Waals surface area contributed by atoms with Gasteiger partial charge in [0, 0.05) is 32.6 Å². The molecule has 0 radical (unpaired) electrons. The normalized spacial score (nSPS) is 24.0. The highest BCUT2D eigenvalue weighted by molar-refractivity contribution is 5.76. The zero-order chi connectivity index (χ0) is 15.8. The minimum atomic E-state index is 0.225. The molecule has 128 valence electrons. The molecular formula is C17H32N2O3. The lowest BCUT2D eigenvalue weighted by molar-refractivity contribution is -0.183. The van der Waals surface area contributed by atoms with Crippen molar-refractivity contribution in [2.75, 3.05) is 39.4 Å². The highest BCUT2D eigenvalue weighted by atomic mass is 16.7. The molecule has 0 aromatic carbocycles. The Labute approximate surface area is 134 Å². The summed E-state index contributed by atoms with van der Waals surface area (Å²) < 4.78 is 5.81. The molecule has 0 aromatic rings. The molecule has 0 aliphatic carbocycles. The van der Waals surface area contributed by atoms with Gasteiger partial charge < -0.3 is 9.64 Å². The van der Waals surface area contributed by atoms with E-state index in [0.29, 0.717) is 19.6 Å².